The van der Waals surface area contributed by atoms with E-state index in [1.165, 1.54) is 7.05 Å². The van der Waals surface area contributed by atoms with Gasteiger partial charge in [-0.25, -0.2) is 4.31 Å². The van der Waals surface area contributed by atoms with E-state index >= 15 is 0 Å². The maximum absolute atomic E-state index is 12.8. The van der Waals surface area contributed by atoms with Gasteiger partial charge in [-0.05, 0) is 35.6 Å². The molecule has 0 aliphatic carbocycles. The van der Waals surface area contributed by atoms with Crippen molar-refractivity contribution in [1.82, 2.24) is 0 Å². The summed E-state index contributed by atoms with van der Waals surface area (Å²) in [4.78, 5) is 0. The molecule has 1 aromatic rings. The molecule has 0 aliphatic heterocycles. The number of anilines is 1. The SMILES string of the molecule is Cc1cc(N(C)S(=O)(=O)F)ccc1C(C)(C)C. The van der Waals surface area contributed by atoms with Crippen molar-refractivity contribution in [1.29, 1.82) is 0 Å². The lowest BCUT2D eigenvalue weighted by Gasteiger charge is -2.23. The van der Waals surface area contributed by atoms with E-state index in [0.29, 0.717) is 9.99 Å². The highest BCUT2D eigenvalue weighted by Gasteiger charge is 2.20. The van der Waals surface area contributed by atoms with Crippen molar-refractivity contribution < 1.29 is 12.3 Å². The average molecular weight is 259 g/mol. The molecule has 0 fully saturated rings. The second-order valence-corrected chi connectivity index (χ2v) is 6.53. The lowest BCUT2D eigenvalue weighted by atomic mass is 9.84. The average Bonchev–Trinajstić information content (AvgIpc) is 2.12. The van der Waals surface area contributed by atoms with E-state index in [-0.39, 0.29) is 5.41 Å². The third kappa shape index (κ3) is 3.19. The van der Waals surface area contributed by atoms with E-state index in [2.05, 4.69) is 20.8 Å². The Morgan fingerprint density at radius 3 is 2.12 bits per heavy atom. The van der Waals surface area contributed by atoms with Gasteiger partial charge in [-0.15, -0.1) is 0 Å². The molecule has 1 rings (SSSR count). The minimum Gasteiger partial charge on any atom is -0.247 e. The van der Waals surface area contributed by atoms with Gasteiger partial charge in [0, 0.05) is 7.05 Å². The third-order valence-electron chi connectivity index (χ3n) is 2.71. The zero-order valence-electron chi connectivity index (χ0n) is 10.8. The maximum Gasteiger partial charge on any atom is 0.399 e. The normalized spacial score (nSPS) is 12.6. The van der Waals surface area contributed by atoms with Gasteiger partial charge in [-0.2, -0.15) is 8.42 Å². The van der Waals surface area contributed by atoms with Crippen LogP contribution >= 0.6 is 0 Å². The van der Waals surface area contributed by atoms with Crippen molar-refractivity contribution in [2.24, 2.45) is 0 Å². The van der Waals surface area contributed by atoms with Crippen molar-refractivity contribution in [3.8, 4) is 0 Å². The standard InChI is InChI=1S/C12H18FNO2S/c1-9-8-10(14(5)17(13,15)16)6-7-11(9)12(2,3)4/h6-8H,1-5H3. The quantitative estimate of drug-likeness (QED) is 0.766. The maximum atomic E-state index is 12.8. The smallest absolute Gasteiger partial charge is 0.247 e. The van der Waals surface area contributed by atoms with E-state index in [1.54, 1.807) is 12.1 Å². The van der Waals surface area contributed by atoms with Crippen molar-refractivity contribution in [2.45, 2.75) is 33.1 Å². The summed E-state index contributed by atoms with van der Waals surface area (Å²) in [6.45, 7) is 8.11. The monoisotopic (exact) mass is 259 g/mol. The molecule has 5 heteroatoms. The van der Waals surface area contributed by atoms with E-state index in [9.17, 15) is 12.3 Å². The second-order valence-electron chi connectivity index (χ2n) is 5.16. The first-order valence-electron chi connectivity index (χ1n) is 5.33. The van der Waals surface area contributed by atoms with Gasteiger partial charge in [0.1, 0.15) is 0 Å². The second kappa shape index (κ2) is 4.29. The van der Waals surface area contributed by atoms with Crippen molar-refractivity contribution in [3.05, 3.63) is 29.3 Å². The first kappa shape index (κ1) is 14.0. The number of rotatable bonds is 2. The molecule has 0 unspecified atom stereocenters. The molecule has 0 aliphatic rings. The van der Waals surface area contributed by atoms with Crippen LogP contribution in [0.4, 0.5) is 9.57 Å². The Kier molecular flexibility index (Phi) is 3.52. The lowest BCUT2D eigenvalue weighted by Crippen LogP contribution is -2.22. The van der Waals surface area contributed by atoms with Crippen molar-refractivity contribution in [3.63, 3.8) is 0 Å². The molecule has 0 spiro atoms. The first-order valence-corrected chi connectivity index (χ1v) is 6.67. The zero-order chi connectivity index (χ0) is 13.4. The topological polar surface area (TPSA) is 37.4 Å². The predicted molar refractivity (Wildman–Crippen MR) is 68.3 cm³/mol. The van der Waals surface area contributed by atoms with Gasteiger partial charge in [0.2, 0.25) is 0 Å². The molecule has 0 saturated heterocycles. The molecule has 0 aromatic heterocycles. The van der Waals surface area contributed by atoms with Crippen molar-refractivity contribution >= 4 is 16.1 Å². The number of hydrogen-bond donors (Lipinski definition) is 0. The summed E-state index contributed by atoms with van der Waals surface area (Å²) >= 11 is 0. The molecule has 0 bridgehead atoms. The molecule has 0 amide bonds. The Morgan fingerprint density at radius 2 is 1.76 bits per heavy atom. The Morgan fingerprint density at radius 1 is 1.24 bits per heavy atom. The third-order valence-corrected chi connectivity index (χ3v) is 3.57. The molecule has 0 atom stereocenters. The number of hydrogen-bond acceptors (Lipinski definition) is 2. The number of benzene rings is 1. The van der Waals surface area contributed by atoms with Gasteiger partial charge >= 0.3 is 10.4 Å². The highest BCUT2D eigenvalue weighted by Crippen LogP contribution is 2.29. The van der Waals surface area contributed by atoms with Gasteiger partial charge in [0.25, 0.3) is 0 Å². The summed E-state index contributed by atoms with van der Waals surface area (Å²) in [5, 5.41) is 0. The van der Waals surface area contributed by atoms with Crippen LogP contribution in [-0.4, -0.2) is 15.5 Å². The van der Waals surface area contributed by atoms with Crippen LogP contribution in [-0.2, 0) is 15.8 Å². The predicted octanol–water partition coefficient (Wildman–Crippen LogP) is 2.94. The van der Waals surface area contributed by atoms with E-state index in [0.717, 1.165) is 11.1 Å². The summed E-state index contributed by atoms with van der Waals surface area (Å²) in [5.74, 6) is 0. The van der Waals surface area contributed by atoms with Crippen LogP contribution in [0.15, 0.2) is 18.2 Å². The summed E-state index contributed by atoms with van der Waals surface area (Å²) in [7, 11) is -3.49. The molecule has 96 valence electrons. The van der Waals surface area contributed by atoms with Gasteiger partial charge < -0.3 is 0 Å². The van der Waals surface area contributed by atoms with Crippen molar-refractivity contribution in [2.75, 3.05) is 11.4 Å². The molecule has 0 saturated carbocycles. The van der Waals surface area contributed by atoms with Gasteiger partial charge in [0.05, 0.1) is 5.69 Å². The van der Waals surface area contributed by atoms with Crippen LogP contribution in [0.3, 0.4) is 0 Å². The van der Waals surface area contributed by atoms with Crippen LogP contribution in [0.1, 0.15) is 31.9 Å². The van der Waals surface area contributed by atoms with Gasteiger partial charge in [-0.1, -0.05) is 30.7 Å². The Balaban J connectivity index is 3.23. The molecule has 1 aromatic carbocycles. The molecule has 17 heavy (non-hydrogen) atoms. The fourth-order valence-electron chi connectivity index (χ4n) is 1.81. The van der Waals surface area contributed by atoms with Crippen LogP contribution in [0.5, 0.6) is 0 Å². The van der Waals surface area contributed by atoms with Crippen LogP contribution in [0.25, 0.3) is 0 Å². The first-order chi connectivity index (χ1) is 7.53. The Hall–Kier alpha value is -1.10. The summed E-state index contributed by atoms with van der Waals surface area (Å²) in [6, 6.07) is 5.13. The molecule has 0 radical (unpaired) electrons. The minimum atomic E-state index is -4.69. The number of nitrogens with zero attached hydrogens (tertiary/aromatic N) is 1. The largest absolute Gasteiger partial charge is 0.399 e. The molecule has 0 N–H and O–H groups in total. The van der Waals surface area contributed by atoms with E-state index in [1.807, 2.05) is 13.0 Å². The fourth-order valence-corrected chi connectivity index (χ4v) is 2.18. The molecular weight excluding hydrogens is 241 g/mol. The summed E-state index contributed by atoms with van der Waals surface area (Å²) < 4.78 is 35.0. The Labute approximate surface area is 103 Å². The number of halogens is 1. The van der Waals surface area contributed by atoms with E-state index < -0.39 is 10.4 Å². The van der Waals surface area contributed by atoms with Gasteiger partial charge in [-0.3, -0.25) is 0 Å². The minimum absolute atomic E-state index is 0.0181. The van der Waals surface area contributed by atoms with E-state index in [4.69, 9.17) is 0 Å². The highest BCUT2D eigenvalue weighted by atomic mass is 32.3. The van der Waals surface area contributed by atoms with Crippen LogP contribution in [0.2, 0.25) is 0 Å². The number of aryl methyl sites for hydroxylation is 1. The van der Waals surface area contributed by atoms with Crippen LogP contribution in [0, 0.1) is 6.92 Å². The summed E-state index contributed by atoms with van der Waals surface area (Å²) in [5.41, 5.74) is 2.38. The fraction of sp³-hybridized carbons (Fsp3) is 0.500. The van der Waals surface area contributed by atoms with Gasteiger partial charge in [0.15, 0.2) is 0 Å². The van der Waals surface area contributed by atoms with Crippen LogP contribution < -0.4 is 4.31 Å². The molecular formula is C12H18FNO2S. The molecule has 0 heterocycles. The molecule has 3 nitrogen and oxygen atoms in total. The zero-order valence-corrected chi connectivity index (χ0v) is 11.6. The lowest BCUT2D eigenvalue weighted by molar-refractivity contribution is 0.550. The highest BCUT2D eigenvalue weighted by molar-refractivity contribution is 7.87. The Bertz CT molecular complexity index is 518. The summed E-state index contributed by atoms with van der Waals surface area (Å²) in [6.07, 6.45) is 0.